The van der Waals surface area contributed by atoms with Crippen molar-refractivity contribution >= 4 is 0 Å². The van der Waals surface area contributed by atoms with Gasteiger partial charge in [-0.05, 0) is 49.8 Å². The lowest BCUT2D eigenvalue weighted by Gasteiger charge is -2.35. The smallest absolute Gasteiger partial charge is 0.119 e. The number of hydrogen-bond acceptors (Lipinski definition) is 3. The van der Waals surface area contributed by atoms with E-state index in [4.69, 9.17) is 10.5 Å². The third kappa shape index (κ3) is 3.03. The molecule has 100 valence electrons. The third-order valence-corrected chi connectivity index (χ3v) is 3.72. The molecule has 0 aliphatic heterocycles. The molecule has 1 aliphatic rings. The van der Waals surface area contributed by atoms with Gasteiger partial charge in [0.05, 0.1) is 12.2 Å². The first kappa shape index (κ1) is 13.4. The van der Waals surface area contributed by atoms with Gasteiger partial charge in [-0.15, -0.1) is 0 Å². The van der Waals surface area contributed by atoms with Crippen LogP contribution < -0.4 is 10.5 Å². The number of benzene rings is 1. The summed E-state index contributed by atoms with van der Waals surface area (Å²) in [5, 5.41) is 10.6. The quantitative estimate of drug-likeness (QED) is 0.862. The molecule has 0 unspecified atom stereocenters. The van der Waals surface area contributed by atoms with Gasteiger partial charge in [0.25, 0.3) is 0 Å². The van der Waals surface area contributed by atoms with Gasteiger partial charge >= 0.3 is 0 Å². The molecule has 0 heterocycles. The fraction of sp³-hybridized carbons (Fsp3) is 0.600. The number of nitrogens with two attached hydrogens (primary N) is 1. The normalized spacial score (nSPS) is 28.1. The lowest BCUT2D eigenvalue weighted by Crippen LogP contribution is -2.36. The Morgan fingerprint density at radius 3 is 2.44 bits per heavy atom. The van der Waals surface area contributed by atoms with Crippen molar-refractivity contribution in [3.63, 3.8) is 0 Å². The molecule has 0 atom stereocenters. The van der Waals surface area contributed by atoms with Gasteiger partial charge in [-0.3, -0.25) is 0 Å². The molecule has 1 fully saturated rings. The maximum atomic E-state index is 10.6. The molecular weight excluding hydrogens is 226 g/mol. The maximum Gasteiger partial charge on any atom is 0.119 e. The summed E-state index contributed by atoms with van der Waals surface area (Å²) in [4.78, 5) is 0. The molecule has 3 N–H and O–H groups in total. The molecule has 0 aromatic heterocycles. The minimum absolute atomic E-state index is 0.248. The highest BCUT2D eigenvalue weighted by Gasteiger charge is 2.33. The molecule has 0 amide bonds. The summed E-state index contributed by atoms with van der Waals surface area (Å²) < 4.78 is 5.55. The second kappa shape index (κ2) is 5.72. The van der Waals surface area contributed by atoms with Crippen molar-refractivity contribution in [3.05, 3.63) is 29.8 Å². The molecule has 1 aromatic carbocycles. The number of rotatable bonds is 4. The fourth-order valence-electron chi connectivity index (χ4n) is 2.49. The van der Waals surface area contributed by atoms with Crippen molar-refractivity contribution in [2.45, 2.75) is 50.7 Å². The van der Waals surface area contributed by atoms with Gasteiger partial charge in [0, 0.05) is 6.04 Å². The molecule has 1 aromatic rings. The predicted octanol–water partition coefficient (Wildman–Crippen LogP) is 2.56. The van der Waals surface area contributed by atoms with Crippen LogP contribution in [0.15, 0.2) is 24.3 Å². The minimum Gasteiger partial charge on any atom is -0.494 e. The van der Waals surface area contributed by atoms with Crippen molar-refractivity contribution in [1.82, 2.24) is 0 Å². The van der Waals surface area contributed by atoms with Crippen molar-refractivity contribution in [2.24, 2.45) is 5.73 Å². The van der Waals surface area contributed by atoms with Crippen LogP contribution in [-0.2, 0) is 5.60 Å². The third-order valence-electron chi connectivity index (χ3n) is 3.72. The first-order chi connectivity index (χ1) is 8.64. The van der Waals surface area contributed by atoms with E-state index in [-0.39, 0.29) is 6.04 Å². The second-order valence-corrected chi connectivity index (χ2v) is 5.24. The largest absolute Gasteiger partial charge is 0.494 e. The molecule has 1 saturated carbocycles. The molecule has 3 heteroatoms. The summed E-state index contributed by atoms with van der Waals surface area (Å²) in [6, 6.07) is 8.08. The Morgan fingerprint density at radius 2 is 1.89 bits per heavy atom. The number of ether oxygens (including phenoxy) is 1. The van der Waals surface area contributed by atoms with Crippen molar-refractivity contribution in [1.29, 1.82) is 0 Å². The monoisotopic (exact) mass is 249 g/mol. The second-order valence-electron chi connectivity index (χ2n) is 5.24. The van der Waals surface area contributed by atoms with Crippen LogP contribution in [0.2, 0.25) is 0 Å². The summed E-state index contributed by atoms with van der Waals surface area (Å²) in [5.74, 6) is 0.872. The highest BCUT2D eigenvalue weighted by atomic mass is 16.5. The van der Waals surface area contributed by atoms with E-state index < -0.39 is 5.60 Å². The van der Waals surface area contributed by atoms with Gasteiger partial charge in [0.15, 0.2) is 0 Å². The van der Waals surface area contributed by atoms with Crippen LogP contribution >= 0.6 is 0 Å². The molecule has 0 bridgehead atoms. The highest BCUT2D eigenvalue weighted by Crippen LogP contribution is 2.37. The Kier molecular flexibility index (Phi) is 4.25. The Hall–Kier alpha value is -1.06. The predicted molar refractivity (Wildman–Crippen MR) is 72.6 cm³/mol. The lowest BCUT2D eigenvalue weighted by atomic mass is 9.78. The molecule has 1 aliphatic carbocycles. The van der Waals surface area contributed by atoms with Crippen LogP contribution in [0.25, 0.3) is 0 Å². The van der Waals surface area contributed by atoms with Gasteiger partial charge in [0.2, 0.25) is 0 Å². The average Bonchev–Trinajstić information content (AvgIpc) is 2.40. The molecule has 3 nitrogen and oxygen atoms in total. The Balaban J connectivity index is 2.04. The maximum absolute atomic E-state index is 10.6. The fourth-order valence-corrected chi connectivity index (χ4v) is 2.49. The lowest BCUT2D eigenvalue weighted by molar-refractivity contribution is -0.00499. The van der Waals surface area contributed by atoms with Gasteiger partial charge < -0.3 is 15.6 Å². The van der Waals surface area contributed by atoms with Crippen molar-refractivity contribution < 1.29 is 9.84 Å². The van der Waals surface area contributed by atoms with Crippen LogP contribution in [0.3, 0.4) is 0 Å². The summed E-state index contributed by atoms with van der Waals surface area (Å²) in [6.07, 6.45) is 4.30. The Morgan fingerprint density at radius 1 is 1.28 bits per heavy atom. The number of hydrogen-bond donors (Lipinski definition) is 2. The zero-order chi connectivity index (χ0) is 13.0. The van der Waals surface area contributed by atoms with Crippen LogP contribution in [-0.4, -0.2) is 17.8 Å². The van der Waals surface area contributed by atoms with E-state index in [2.05, 4.69) is 6.92 Å². The Labute approximate surface area is 109 Å². The van der Waals surface area contributed by atoms with E-state index >= 15 is 0 Å². The van der Waals surface area contributed by atoms with E-state index in [0.717, 1.165) is 50.0 Å². The number of aliphatic hydroxyl groups is 1. The van der Waals surface area contributed by atoms with E-state index in [1.807, 2.05) is 24.3 Å². The van der Waals surface area contributed by atoms with Crippen LogP contribution in [0.4, 0.5) is 0 Å². The summed E-state index contributed by atoms with van der Waals surface area (Å²) in [6.45, 7) is 2.82. The zero-order valence-corrected chi connectivity index (χ0v) is 11.1. The molecule has 0 saturated heterocycles. The van der Waals surface area contributed by atoms with Crippen molar-refractivity contribution in [3.8, 4) is 5.75 Å². The molecular formula is C15H23NO2. The van der Waals surface area contributed by atoms with E-state index in [0.29, 0.717) is 0 Å². The average molecular weight is 249 g/mol. The van der Waals surface area contributed by atoms with Crippen LogP contribution in [0, 0.1) is 0 Å². The van der Waals surface area contributed by atoms with Crippen LogP contribution in [0.5, 0.6) is 5.75 Å². The van der Waals surface area contributed by atoms with E-state index in [1.54, 1.807) is 0 Å². The Bertz CT molecular complexity index is 367. The summed E-state index contributed by atoms with van der Waals surface area (Å²) >= 11 is 0. The van der Waals surface area contributed by atoms with Crippen molar-refractivity contribution in [2.75, 3.05) is 6.61 Å². The van der Waals surface area contributed by atoms with Gasteiger partial charge in [-0.25, -0.2) is 0 Å². The zero-order valence-electron chi connectivity index (χ0n) is 11.1. The van der Waals surface area contributed by atoms with Crippen LogP contribution in [0.1, 0.15) is 44.6 Å². The van der Waals surface area contributed by atoms with E-state index in [9.17, 15) is 5.11 Å². The molecule has 0 spiro atoms. The standard InChI is InChI=1S/C15H23NO2/c1-2-11-18-14-5-3-12(4-6-14)15(17)9-7-13(16)8-10-15/h3-6,13,17H,2,7-11,16H2,1H3. The van der Waals surface area contributed by atoms with E-state index in [1.165, 1.54) is 0 Å². The topological polar surface area (TPSA) is 55.5 Å². The summed E-state index contributed by atoms with van der Waals surface area (Å²) in [7, 11) is 0. The summed E-state index contributed by atoms with van der Waals surface area (Å²) in [5.41, 5.74) is 6.17. The molecule has 0 radical (unpaired) electrons. The van der Waals surface area contributed by atoms with Gasteiger partial charge in [-0.1, -0.05) is 19.1 Å². The first-order valence-electron chi connectivity index (χ1n) is 6.85. The molecule has 2 rings (SSSR count). The SMILES string of the molecule is CCCOc1ccc(C2(O)CCC(N)CC2)cc1. The minimum atomic E-state index is -0.695. The van der Waals surface area contributed by atoms with Gasteiger partial charge in [-0.2, -0.15) is 0 Å². The molecule has 18 heavy (non-hydrogen) atoms. The van der Waals surface area contributed by atoms with Gasteiger partial charge in [0.1, 0.15) is 5.75 Å². The first-order valence-corrected chi connectivity index (χ1v) is 6.85. The highest BCUT2D eigenvalue weighted by molar-refractivity contribution is 5.31.